The van der Waals surface area contributed by atoms with E-state index < -0.39 is 0 Å². The van der Waals surface area contributed by atoms with Gasteiger partial charge in [-0.25, -0.2) is 4.98 Å². The molecule has 110 valence electrons. The summed E-state index contributed by atoms with van der Waals surface area (Å²) in [5, 5.41) is 0. The summed E-state index contributed by atoms with van der Waals surface area (Å²) in [7, 11) is 0. The van der Waals surface area contributed by atoms with Crippen LogP contribution in [0.25, 0.3) is 11.2 Å². The van der Waals surface area contributed by atoms with Crippen LogP contribution in [0.3, 0.4) is 0 Å². The van der Waals surface area contributed by atoms with Gasteiger partial charge in [0.1, 0.15) is 5.65 Å². The van der Waals surface area contributed by atoms with Gasteiger partial charge in [-0.1, -0.05) is 18.2 Å². The van der Waals surface area contributed by atoms with Gasteiger partial charge in [-0.3, -0.25) is 4.39 Å². The van der Waals surface area contributed by atoms with Crippen molar-refractivity contribution in [3.05, 3.63) is 52.9 Å². The van der Waals surface area contributed by atoms with Crippen LogP contribution in [-0.4, -0.2) is 28.8 Å². The quantitative estimate of drug-likeness (QED) is 0.756. The molecule has 1 aliphatic carbocycles. The molecule has 0 fully saturated rings. The van der Waals surface area contributed by atoms with Crippen molar-refractivity contribution in [2.45, 2.75) is 18.9 Å². The van der Waals surface area contributed by atoms with Crippen molar-refractivity contribution in [2.24, 2.45) is 0 Å². The van der Waals surface area contributed by atoms with Crippen molar-refractivity contribution in [3.8, 4) is 0 Å². The van der Waals surface area contributed by atoms with E-state index in [1.54, 1.807) is 0 Å². The molecule has 2 heterocycles. The Labute approximate surface area is 131 Å². The van der Waals surface area contributed by atoms with Crippen molar-refractivity contribution in [2.75, 3.05) is 13.3 Å². The Morgan fingerprint density at radius 1 is 1.38 bits per heavy atom. The molecule has 3 rings (SSSR count). The van der Waals surface area contributed by atoms with E-state index in [1.807, 2.05) is 41.1 Å². The van der Waals surface area contributed by atoms with E-state index in [0.29, 0.717) is 13.0 Å². The molecule has 0 radical (unpaired) electrons. The molecule has 0 aromatic carbocycles. The van der Waals surface area contributed by atoms with Gasteiger partial charge in [0.2, 0.25) is 0 Å². The topological polar surface area (TPSA) is 26.5 Å². The molecule has 1 atom stereocenters. The van der Waals surface area contributed by atoms with Gasteiger partial charge >= 0.3 is 0 Å². The van der Waals surface area contributed by atoms with Gasteiger partial charge in [0.25, 0.3) is 0 Å². The number of allylic oxidation sites excluding steroid dienone is 2. The van der Waals surface area contributed by atoms with E-state index in [1.165, 1.54) is 0 Å². The first-order valence-electron chi connectivity index (χ1n) is 6.97. The van der Waals surface area contributed by atoms with Gasteiger partial charge in [-0.15, -0.1) is 0 Å². The summed E-state index contributed by atoms with van der Waals surface area (Å²) in [4.78, 5) is 4.61. The second-order valence-electron chi connectivity index (χ2n) is 4.94. The Balaban J connectivity index is 1.71. The number of hydrogen-bond donors (Lipinski definition) is 0. The van der Waals surface area contributed by atoms with E-state index in [2.05, 4.69) is 27.0 Å². The maximum Gasteiger partial charge on any atom is 0.137 e. The zero-order valence-corrected chi connectivity index (χ0v) is 13.1. The van der Waals surface area contributed by atoms with Crippen LogP contribution < -0.4 is 0 Å². The second kappa shape index (κ2) is 6.54. The third-order valence-corrected chi connectivity index (χ3v) is 3.85. The molecule has 1 aliphatic rings. The van der Waals surface area contributed by atoms with Crippen LogP contribution >= 0.6 is 15.9 Å². The first-order chi connectivity index (χ1) is 10.3. The molecule has 1 unspecified atom stereocenters. The lowest BCUT2D eigenvalue weighted by atomic mass is 10.0. The molecule has 0 saturated carbocycles. The van der Waals surface area contributed by atoms with Crippen LogP contribution in [0.5, 0.6) is 0 Å². The molecule has 2 aromatic heterocycles. The van der Waals surface area contributed by atoms with E-state index in [4.69, 9.17) is 4.74 Å². The lowest BCUT2D eigenvalue weighted by Crippen LogP contribution is -2.12. The van der Waals surface area contributed by atoms with E-state index in [9.17, 15) is 4.39 Å². The van der Waals surface area contributed by atoms with Crippen molar-refractivity contribution in [3.63, 3.8) is 0 Å². The van der Waals surface area contributed by atoms with Gasteiger partial charge in [0.15, 0.2) is 0 Å². The smallest absolute Gasteiger partial charge is 0.137 e. The molecule has 5 heteroatoms. The van der Waals surface area contributed by atoms with Gasteiger partial charge in [-0.05, 0) is 46.5 Å². The Hall–Kier alpha value is -1.46. The second-order valence-corrected chi connectivity index (χ2v) is 5.86. The Bertz CT molecular complexity index is 693. The summed E-state index contributed by atoms with van der Waals surface area (Å²) >= 11 is 3.46. The Morgan fingerprint density at radius 3 is 3.05 bits per heavy atom. The van der Waals surface area contributed by atoms with Crippen LogP contribution in [0.15, 0.2) is 47.2 Å². The summed E-state index contributed by atoms with van der Waals surface area (Å²) in [6.07, 6.45) is 11.5. The minimum atomic E-state index is -0.325. The number of fused-ring (bicyclic) bond motifs is 1. The third-order valence-electron chi connectivity index (χ3n) is 3.38. The normalized spacial score (nSPS) is 18.2. The fourth-order valence-electron chi connectivity index (χ4n) is 2.31. The highest BCUT2D eigenvalue weighted by Gasteiger charge is 2.12. The van der Waals surface area contributed by atoms with Gasteiger partial charge in [0.05, 0.1) is 18.5 Å². The zero-order chi connectivity index (χ0) is 14.7. The largest absolute Gasteiger partial charge is 0.374 e. The van der Waals surface area contributed by atoms with Crippen LogP contribution in [0.4, 0.5) is 4.39 Å². The highest BCUT2D eigenvalue weighted by Crippen LogP contribution is 2.23. The number of ether oxygens (including phenoxy) is 1. The number of alkyl halides is 1. The van der Waals surface area contributed by atoms with E-state index in [-0.39, 0.29) is 12.8 Å². The SMILES string of the molecule is FCCCOC1C=CC(c2cn3cc(Br)ccc3n2)=CC1. The lowest BCUT2D eigenvalue weighted by Gasteiger charge is -2.16. The predicted octanol–water partition coefficient (Wildman–Crippen LogP) is 4.18. The standard InChI is InChI=1S/C16H16BrFN2O/c17-13-4-7-16-19-15(11-20(16)10-13)12-2-5-14(6-3-12)21-9-1-8-18/h2-5,7,10-11,14H,1,6,8-9H2. The first kappa shape index (κ1) is 14.5. The van der Waals surface area contributed by atoms with Crippen molar-refractivity contribution < 1.29 is 9.13 Å². The maximum atomic E-state index is 12.0. The van der Waals surface area contributed by atoms with E-state index in [0.717, 1.165) is 27.8 Å². The number of rotatable bonds is 5. The molecule has 0 amide bonds. The predicted molar refractivity (Wildman–Crippen MR) is 85.0 cm³/mol. The monoisotopic (exact) mass is 350 g/mol. The molecule has 0 bridgehead atoms. The van der Waals surface area contributed by atoms with Crippen LogP contribution in [0.1, 0.15) is 18.5 Å². The highest BCUT2D eigenvalue weighted by molar-refractivity contribution is 9.10. The van der Waals surface area contributed by atoms with Crippen molar-refractivity contribution in [1.29, 1.82) is 0 Å². The zero-order valence-electron chi connectivity index (χ0n) is 11.5. The van der Waals surface area contributed by atoms with Gasteiger partial charge in [0, 0.05) is 23.5 Å². The number of imidazole rings is 1. The summed E-state index contributed by atoms with van der Waals surface area (Å²) in [5.41, 5.74) is 2.97. The molecule has 21 heavy (non-hydrogen) atoms. The summed E-state index contributed by atoms with van der Waals surface area (Å²) < 4.78 is 20.6. The van der Waals surface area contributed by atoms with Gasteiger partial charge < -0.3 is 9.14 Å². The molecule has 0 spiro atoms. The fraction of sp³-hybridized carbons (Fsp3) is 0.312. The van der Waals surface area contributed by atoms with Crippen molar-refractivity contribution in [1.82, 2.24) is 9.38 Å². The molecule has 0 aliphatic heterocycles. The number of hydrogen-bond acceptors (Lipinski definition) is 2. The van der Waals surface area contributed by atoms with Crippen LogP contribution in [-0.2, 0) is 4.74 Å². The minimum Gasteiger partial charge on any atom is -0.374 e. The van der Waals surface area contributed by atoms with Crippen molar-refractivity contribution >= 4 is 27.2 Å². The van der Waals surface area contributed by atoms with Crippen LogP contribution in [0, 0.1) is 0 Å². The van der Waals surface area contributed by atoms with Crippen LogP contribution in [0.2, 0.25) is 0 Å². The molecule has 0 N–H and O–H groups in total. The van der Waals surface area contributed by atoms with Gasteiger partial charge in [-0.2, -0.15) is 0 Å². The number of halogens is 2. The molecular formula is C16H16BrFN2O. The Kier molecular flexibility index (Phi) is 4.51. The summed E-state index contributed by atoms with van der Waals surface area (Å²) in [5.74, 6) is 0. The average molecular weight is 351 g/mol. The molecule has 3 nitrogen and oxygen atoms in total. The fourth-order valence-corrected chi connectivity index (χ4v) is 2.66. The van der Waals surface area contributed by atoms with E-state index >= 15 is 0 Å². The highest BCUT2D eigenvalue weighted by atomic mass is 79.9. The third kappa shape index (κ3) is 3.41. The molecule has 2 aromatic rings. The summed E-state index contributed by atoms with van der Waals surface area (Å²) in [6, 6.07) is 3.95. The average Bonchev–Trinajstić information content (AvgIpc) is 2.91. The number of pyridine rings is 1. The molecule has 0 saturated heterocycles. The first-order valence-corrected chi connectivity index (χ1v) is 7.76. The summed E-state index contributed by atoms with van der Waals surface area (Å²) in [6.45, 7) is 0.144. The molecular weight excluding hydrogens is 335 g/mol. The minimum absolute atomic E-state index is 0.0477. The lowest BCUT2D eigenvalue weighted by molar-refractivity contribution is 0.0811. The number of nitrogens with zero attached hydrogens (tertiary/aromatic N) is 2. The maximum absolute atomic E-state index is 12.0. The number of aromatic nitrogens is 2. The Morgan fingerprint density at radius 2 is 2.29 bits per heavy atom.